The fourth-order valence-corrected chi connectivity index (χ4v) is 2.93. The average Bonchev–Trinajstić information content (AvgIpc) is 3.16. The molecule has 0 radical (unpaired) electrons. The smallest absolute Gasteiger partial charge is 0.321 e. The van der Waals surface area contributed by atoms with E-state index in [4.69, 9.17) is 9.47 Å². The van der Waals surface area contributed by atoms with Crippen LogP contribution in [0.1, 0.15) is 18.9 Å². The van der Waals surface area contributed by atoms with Crippen LogP contribution in [0.25, 0.3) is 0 Å². The van der Waals surface area contributed by atoms with Crippen molar-refractivity contribution in [3.8, 4) is 11.5 Å². The highest BCUT2D eigenvalue weighted by Crippen LogP contribution is 2.35. The van der Waals surface area contributed by atoms with Gasteiger partial charge in [-0.15, -0.1) is 5.10 Å². The van der Waals surface area contributed by atoms with Crippen LogP contribution in [0.2, 0.25) is 0 Å². The quantitative estimate of drug-likeness (QED) is 0.928. The molecule has 0 bridgehead atoms. The highest BCUT2D eigenvalue weighted by molar-refractivity contribution is 5.91. The third kappa shape index (κ3) is 3.27. The molecule has 1 N–H and O–H groups in total. The van der Waals surface area contributed by atoms with Crippen molar-refractivity contribution in [3.05, 3.63) is 30.6 Å². The van der Waals surface area contributed by atoms with E-state index in [-0.39, 0.29) is 6.03 Å². The van der Waals surface area contributed by atoms with Crippen LogP contribution >= 0.6 is 0 Å². The molecule has 0 atom stereocenters. The summed E-state index contributed by atoms with van der Waals surface area (Å²) >= 11 is 0. The number of methoxy groups -OCH3 is 2. The Kier molecular flexibility index (Phi) is 4.83. The summed E-state index contributed by atoms with van der Waals surface area (Å²) in [4.78, 5) is 14.3. The number of ether oxygens (including phenoxy) is 2. The summed E-state index contributed by atoms with van der Waals surface area (Å²) in [5, 5.41) is 10.8. The van der Waals surface area contributed by atoms with Crippen LogP contribution in [0.3, 0.4) is 0 Å². The fraction of sp³-hybridized carbons (Fsp3) is 0.438. The largest absolute Gasteiger partial charge is 0.493 e. The standard InChI is InChI=1S/C16H21N5O3/c1-23-14-5-3-4-13(15(14)24-2)18-16(22)20-9-6-12(7-10-20)21-11-8-17-19-21/h3-5,8,11-12H,6-7,9-10H2,1-2H3,(H,18,22). The zero-order valence-corrected chi connectivity index (χ0v) is 13.8. The van der Waals surface area contributed by atoms with Crippen LogP contribution in [-0.2, 0) is 0 Å². The lowest BCUT2D eigenvalue weighted by Gasteiger charge is -2.32. The van der Waals surface area contributed by atoms with Gasteiger partial charge in [-0.3, -0.25) is 0 Å². The van der Waals surface area contributed by atoms with Gasteiger partial charge in [-0.1, -0.05) is 11.3 Å². The zero-order chi connectivity index (χ0) is 16.9. The number of carbonyl (C=O) groups excluding carboxylic acids is 1. The molecule has 0 unspecified atom stereocenters. The Morgan fingerprint density at radius 2 is 2.04 bits per heavy atom. The Hall–Kier alpha value is -2.77. The van der Waals surface area contributed by atoms with Gasteiger partial charge in [0.25, 0.3) is 0 Å². The van der Waals surface area contributed by atoms with Crippen molar-refractivity contribution in [3.63, 3.8) is 0 Å². The van der Waals surface area contributed by atoms with E-state index in [0.717, 1.165) is 12.8 Å². The maximum absolute atomic E-state index is 12.5. The number of amides is 2. The summed E-state index contributed by atoms with van der Waals surface area (Å²) in [5.74, 6) is 1.10. The summed E-state index contributed by atoms with van der Waals surface area (Å²) in [6.07, 6.45) is 5.24. The molecule has 1 aliphatic heterocycles. The first-order valence-electron chi connectivity index (χ1n) is 7.85. The molecule has 1 saturated heterocycles. The minimum absolute atomic E-state index is 0.140. The lowest BCUT2D eigenvalue weighted by Crippen LogP contribution is -2.41. The Morgan fingerprint density at radius 1 is 1.25 bits per heavy atom. The van der Waals surface area contributed by atoms with Crippen LogP contribution in [-0.4, -0.2) is 53.2 Å². The van der Waals surface area contributed by atoms with Gasteiger partial charge >= 0.3 is 6.03 Å². The fourth-order valence-electron chi connectivity index (χ4n) is 2.93. The van der Waals surface area contributed by atoms with Crippen LogP contribution in [0, 0.1) is 0 Å². The molecule has 1 aromatic carbocycles. The Morgan fingerprint density at radius 3 is 2.67 bits per heavy atom. The Bertz CT molecular complexity index is 681. The van der Waals surface area contributed by atoms with Gasteiger partial charge in [0.15, 0.2) is 11.5 Å². The molecule has 2 heterocycles. The molecule has 2 amide bonds. The molecule has 1 aliphatic rings. The molecule has 3 rings (SSSR count). The normalized spacial score (nSPS) is 15.2. The molecule has 1 aromatic heterocycles. The molecule has 128 valence electrons. The number of hydrogen-bond donors (Lipinski definition) is 1. The van der Waals surface area contributed by atoms with Crippen molar-refractivity contribution >= 4 is 11.7 Å². The van der Waals surface area contributed by atoms with Gasteiger partial charge in [0.1, 0.15) is 0 Å². The van der Waals surface area contributed by atoms with Gasteiger partial charge in [-0.05, 0) is 25.0 Å². The predicted octanol–water partition coefficient (Wildman–Crippen LogP) is 2.16. The number of likely N-dealkylation sites (tertiary alicyclic amines) is 1. The Labute approximate surface area is 140 Å². The minimum Gasteiger partial charge on any atom is -0.493 e. The first-order valence-corrected chi connectivity index (χ1v) is 7.85. The number of piperidine rings is 1. The van der Waals surface area contributed by atoms with E-state index in [9.17, 15) is 4.79 Å². The van der Waals surface area contributed by atoms with Gasteiger partial charge in [-0.25, -0.2) is 9.48 Å². The van der Waals surface area contributed by atoms with E-state index in [1.165, 1.54) is 0 Å². The summed E-state index contributed by atoms with van der Waals surface area (Å²) in [6.45, 7) is 1.34. The third-order valence-corrected chi connectivity index (χ3v) is 4.21. The molecule has 8 nitrogen and oxygen atoms in total. The molecule has 2 aromatic rings. The van der Waals surface area contributed by atoms with Gasteiger partial charge in [0, 0.05) is 19.3 Å². The number of benzene rings is 1. The van der Waals surface area contributed by atoms with Crippen LogP contribution in [0.4, 0.5) is 10.5 Å². The van der Waals surface area contributed by atoms with E-state index >= 15 is 0 Å². The maximum atomic E-state index is 12.5. The van der Waals surface area contributed by atoms with E-state index in [1.54, 1.807) is 37.4 Å². The number of urea groups is 1. The lowest BCUT2D eigenvalue weighted by atomic mass is 10.1. The molecule has 8 heteroatoms. The predicted molar refractivity (Wildman–Crippen MR) is 88.4 cm³/mol. The van der Waals surface area contributed by atoms with E-state index in [2.05, 4.69) is 15.6 Å². The number of aromatic nitrogens is 3. The molecule has 0 spiro atoms. The SMILES string of the molecule is COc1cccc(NC(=O)N2CCC(n3ccnn3)CC2)c1OC. The summed E-state index contributed by atoms with van der Waals surface area (Å²) in [5.41, 5.74) is 0.597. The second-order valence-electron chi connectivity index (χ2n) is 5.57. The zero-order valence-electron chi connectivity index (χ0n) is 13.8. The van der Waals surface area contributed by atoms with Crippen LogP contribution in [0.5, 0.6) is 11.5 Å². The number of nitrogens with zero attached hydrogens (tertiary/aromatic N) is 4. The first-order chi connectivity index (χ1) is 11.7. The number of hydrogen-bond acceptors (Lipinski definition) is 5. The molecular formula is C16H21N5O3. The van der Waals surface area contributed by atoms with Crippen molar-refractivity contribution in [2.45, 2.75) is 18.9 Å². The van der Waals surface area contributed by atoms with Gasteiger partial charge in [-0.2, -0.15) is 0 Å². The van der Waals surface area contributed by atoms with Crippen molar-refractivity contribution < 1.29 is 14.3 Å². The van der Waals surface area contributed by atoms with Crippen LogP contribution < -0.4 is 14.8 Å². The van der Waals surface area contributed by atoms with Crippen molar-refractivity contribution in [2.24, 2.45) is 0 Å². The Balaban J connectivity index is 1.62. The second-order valence-corrected chi connectivity index (χ2v) is 5.57. The highest BCUT2D eigenvalue weighted by atomic mass is 16.5. The monoisotopic (exact) mass is 331 g/mol. The topological polar surface area (TPSA) is 81.5 Å². The maximum Gasteiger partial charge on any atom is 0.321 e. The molecule has 1 fully saturated rings. The van der Waals surface area contributed by atoms with Gasteiger partial charge < -0.3 is 19.7 Å². The summed E-state index contributed by atoms with van der Waals surface area (Å²) in [7, 11) is 3.12. The average molecular weight is 331 g/mol. The van der Waals surface area contributed by atoms with Crippen LogP contribution in [0.15, 0.2) is 30.6 Å². The first kappa shape index (κ1) is 16.1. The molecule has 0 saturated carbocycles. The molecular weight excluding hydrogens is 310 g/mol. The van der Waals surface area contributed by atoms with Gasteiger partial charge in [0.05, 0.1) is 32.1 Å². The van der Waals surface area contributed by atoms with Crippen molar-refractivity contribution in [2.75, 3.05) is 32.6 Å². The minimum atomic E-state index is -0.140. The number of nitrogens with one attached hydrogen (secondary N) is 1. The number of rotatable bonds is 4. The van der Waals surface area contributed by atoms with E-state index in [0.29, 0.717) is 36.3 Å². The summed E-state index contributed by atoms with van der Waals surface area (Å²) < 4.78 is 12.5. The van der Waals surface area contributed by atoms with E-state index in [1.807, 2.05) is 16.9 Å². The number of anilines is 1. The van der Waals surface area contributed by atoms with Crippen molar-refractivity contribution in [1.82, 2.24) is 19.9 Å². The van der Waals surface area contributed by atoms with E-state index < -0.39 is 0 Å². The van der Waals surface area contributed by atoms with Gasteiger partial charge in [0.2, 0.25) is 0 Å². The number of para-hydroxylation sites is 1. The summed E-state index contributed by atoms with van der Waals surface area (Å²) in [6, 6.07) is 5.55. The second kappa shape index (κ2) is 7.20. The highest BCUT2D eigenvalue weighted by Gasteiger charge is 2.25. The number of carbonyl (C=O) groups is 1. The third-order valence-electron chi connectivity index (χ3n) is 4.21. The van der Waals surface area contributed by atoms with Crippen molar-refractivity contribution in [1.29, 1.82) is 0 Å². The molecule has 0 aliphatic carbocycles. The lowest BCUT2D eigenvalue weighted by molar-refractivity contribution is 0.179. The molecule has 24 heavy (non-hydrogen) atoms.